The highest BCUT2D eigenvalue weighted by Crippen LogP contribution is 2.37. The lowest BCUT2D eigenvalue weighted by Crippen LogP contribution is -2.31. The molecule has 0 radical (unpaired) electrons. The minimum atomic E-state index is -0.733. The number of hydrogen-bond acceptors (Lipinski definition) is 2. The van der Waals surface area contributed by atoms with Crippen LogP contribution < -0.4 is 0 Å². The van der Waals surface area contributed by atoms with Crippen LogP contribution in [0.15, 0.2) is 12.1 Å². The van der Waals surface area contributed by atoms with E-state index in [1.165, 1.54) is 16.7 Å². The molecule has 2 nitrogen and oxygen atoms in total. The lowest BCUT2D eigenvalue weighted by molar-refractivity contribution is -0.147. The van der Waals surface area contributed by atoms with Gasteiger partial charge in [0.2, 0.25) is 5.79 Å². The standard InChI is InChI=1S/C13H17ClO2/c1-9-6-10(2)12(11(3)7-9)13(8-14)15-4-5-16-13/h6-7H,4-5,8H2,1-3H3. The molecule has 2 rings (SSSR count). The summed E-state index contributed by atoms with van der Waals surface area (Å²) in [6.07, 6.45) is 0. The van der Waals surface area contributed by atoms with Crippen LogP contribution >= 0.6 is 11.6 Å². The fourth-order valence-electron chi connectivity index (χ4n) is 2.52. The summed E-state index contributed by atoms with van der Waals surface area (Å²) in [7, 11) is 0. The lowest BCUT2D eigenvalue weighted by atomic mass is 9.94. The minimum absolute atomic E-state index is 0.331. The highest BCUT2D eigenvalue weighted by atomic mass is 35.5. The van der Waals surface area contributed by atoms with Gasteiger partial charge >= 0.3 is 0 Å². The quantitative estimate of drug-likeness (QED) is 0.740. The molecule has 0 amide bonds. The second-order valence-corrected chi connectivity index (χ2v) is 4.62. The second kappa shape index (κ2) is 4.36. The molecule has 0 aliphatic carbocycles. The van der Waals surface area contributed by atoms with E-state index in [1.807, 2.05) is 0 Å². The fourth-order valence-corrected chi connectivity index (χ4v) is 2.81. The van der Waals surface area contributed by atoms with Crippen molar-refractivity contribution in [3.8, 4) is 0 Å². The van der Waals surface area contributed by atoms with Crippen LogP contribution in [0.25, 0.3) is 0 Å². The molecule has 1 heterocycles. The van der Waals surface area contributed by atoms with Crippen molar-refractivity contribution in [3.63, 3.8) is 0 Å². The largest absolute Gasteiger partial charge is 0.342 e. The molecule has 0 aromatic heterocycles. The molecule has 3 heteroatoms. The Hall–Kier alpha value is -0.570. The molecule has 1 aromatic rings. The molecule has 0 atom stereocenters. The zero-order valence-electron chi connectivity index (χ0n) is 9.97. The van der Waals surface area contributed by atoms with Crippen molar-refractivity contribution >= 4 is 11.6 Å². The molecular weight excluding hydrogens is 224 g/mol. The molecule has 1 saturated heterocycles. The molecule has 1 aliphatic heterocycles. The topological polar surface area (TPSA) is 18.5 Å². The molecule has 1 fully saturated rings. The van der Waals surface area contributed by atoms with E-state index in [-0.39, 0.29) is 0 Å². The van der Waals surface area contributed by atoms with Crippen molar-refractivity contribution in [1.29, 1.82) is 0 Å². The van der Waals surface area contributed by atoms with Crippen LogP contribution in [0.2, 0.25) is 0 Å². The van der Waals surface area contributed by atoms with Gasteiger partial charge in [-0.2, -0.15) is 0 Å². The number of benzene rings is 1. The van der Waals surface area contributed by atoms with E-state index >= 15 is 0 Å². The Labute approximate surface area is 102 Å². The predicted molar refractivity (Wildman–Crippen MR) is 65.0 cm³/mol. The van der Waals surface area contributed by atoms with Gasteiger partial charge in [0.25, 0.3) is 0 Å². The summed E-state index contributed by atoms with van der Waals surface area (Å²) in [5, 5.41) is 0. The number of halogens is 1. The molecule has 0 bridgehead atoms. The molecule has 0 spiro atoms. The van der Waals surface area contributed by atoms with Gasteiger partial charge in [0, 0.05) is 5.56 Å². The van der Waals surface area contributed by atoms with Gasteiger partial charge in [-0.25, -0.2) is 0 Å². The number of rotatable bonds is 2. The van der Waals surface area contributed by atoms with Crippen LogP contribution in [0.5, 0.6) is 0 Å². The van der Waals surface area contributed by atoms with Crippen molar-refractivity contribution in [1.82, 2.24) is 0 Å². The van der Waals surface area contributed by atoms with E-state index in [0.717, 1.165) is 5.56 Å². The first-order chi connectivity index (χ1) is 7.59. The van der Waals surface area contributed by atoms with Crippen LogP contribution in [0.4, 0.5) is 0 Å². The fraction of sp³-hybridized carbons (Fsp3) is 0.538. The van der Waals surface area contributed by atoms with E-state index in [0.29, 0.717) is 19.1 Å². The third kappa shape index (κ3) is 1.86. The molecule has 0 unspecified atom stereocenters. The number of aryl methyl sites for hydroxylation is 3. The van der Waals surface area contributed by atoms with Gasteiger partial charge in [0.1, 0.15) is 0 Å². The summed E-state index contributed by atoms with van der Waals surface area (Å²) < 4.78 is 11.4. The van der Waals surface area contributed by atoms with Crippen molar-refractivity contribution in [2.45, 2.75) is 26.6 Å². The Morgan fingerprint density at radius 3 is 2.06 bits per heavy atom. The van der Waals surface area contributed by atoms with Crippen LogP contribution in [0, 0.1) is 20.8 Å². The average molecular weight is 241 g/mol. The van der Waals surface area contributed by atoms with E-state index in [4.69, 9.17) is 21.1 Å². The maximum absolute atomic E-state index is 6.03. The van der Waals surface area contributed by atoms with Crippen LogP contribution in [0.1, 0.15) is 22.3 Å². The first-order valence-electron chi connectivity index (χ1n) is 5.51. The van der Waals surface area contributed by atoms with Crippen LogP contribution in [0.3, 0.4) is 0 Å². The SMILES string of the molecule is Cc1cc(C)c(C2(CCl)OCCO2)c(C)c1. The lowest BCUT2D eigenvalue weighted by Gasteiger charge is -2.29. The smallest absolute Gasteiger partial charge is 0.209 e. The summed E-state index contributed by atoms with van der Waals surface area (Å²) in [5.41, 5.74) is 4.70. The number of ether oxygens (including phenoxy) is 2. The van der Waals surface area contributed by atoms with Gasteiger partial charge < -0.3 is 9.47 Å². The summed E-state index contributed by atoms with van der Waals surface area (Å²) in [5.74, 6) is -0.402. The second-order valence-electron chi connectivity index (χ2n) is 4.36. The Balaban J connectivity index is 2.54. The van der Waals surface area contributed by atoms with E-state index in [1.54, 1.807) is 0 Å². The summed E-state index contributed by atoms with van der Waals surface area (Å²) in [4.78, 5) is 0. The Morgan fingerprint density at radius 1 is 1.12 bits per heavy atom. The molecule has 88 valence electrons. The molecule has 1 aliphatic rings. The third-order valence-electron chi connectivity index (χ3n) is 2.99. The van der Waals surface area contributed by atoms with Gasteiger partial charge in [-0.3, -0.25) is 0 Å². The van der Waals surface area contributed by atoms with Crippen molar-refractivity contribution < 1.29 is 9.47 Å². The molecule has 0 saturated carbocycles. The van der Waals surface area contributed by atoms with Crippen molar-refractivity contribution in [3.05, 3.63) is 34.4 Å². The first kappa shape index (κ1) is 11.9. The van der Waals surface area contributed by atoms with Crippen molar-refractivity contribution in [2.75, 3.05) is 19.1 Å². The van der Waals surface area contributed by atoms with Crippen LogP contribution in [-0.4, -0.2) is 19.1 Å². The summed E-state index contributed by atoms with van der Waals surface area (Å²) in [6.45, 7) is 7.47. The Bertz CT molecular complexity index is 372. The molecule has 16 heavy (non-hydrogen) atoms. The minimum Gasteiger partial charge on any atom is -0.342 e. The van der Waals surface area contributed by atoms with E-state index in [2.05, 4.69) is 32.9 Å². The molecule has 0 N–H and O–H groups in total. The van der Waals surface area contributed by atoms with Gasteiger partial charge in [-0.05, 0) is 31.9 Å². The Kier molecular flexibility index (Phi) is 3.24. The zero-order chi connectivity index (χ0) is 11.8. The van der Waals surface area contributed by atoms with Crippen molar-refractivity contribution in [2.24, 2.45) is 0 Å². The first-order valence-corrected chi connectivity index (χ1v) is 6.05. The third-order valence-corrected chi connectivity index (χ3v) is 3.34. The molecular formula is C13H17ClO2. The summed E-state index contributed by atoms with van der Waals surface area (Å²) >= 11 is 6.03. The maximum atomic E-state index is 6.03. The zero-order valence-corrected chi connectivity index (χ0v) is 10.7. The number of alkyl halides is 1. The van der Waals surface area contributed by atoms with Crippen LogP contribution in [-0.2, 0) is 15.3 Å². The monoisotopic (exact) mass is 240 g/mol. The molecule has 1 aromatic carbocycles. The number of hydrogen-bond donors (Lipinski definition) is 0. The van der Waals surface area contributed by atoms with E-state index in [9.17, 15) is 0 Å². The predicted octanol–water partition coefficient (Wildman–Crippen LogP) is 3.05. The normalized spacial score (nSPS) is 19.0. The van der Waals surface area contributed by atoms with Gasteiger partial charge in [-0.1, -0.05) is 17.7 Å². The van der Waals surface area contributed by atoms with Gasteiger partial charge in [0.15, 0.2) is 0 Å². The van der Waals surface area contributed by atoms with Gasteiger partial charge in [-0.15, -0.1) is 11.6 Å². The average Bonchev–Trinajstić information content (AvgIpc) is 2.66. The maximum Gasteiger partial charge on any atom is 0.209 e. The van der Waals surface area contributed by atoms with E-state index < -0.39 is 5.79 Å². The highest BCUT2D eigenvalue weighted by Gasteiger charge is 2.40. The van der Waals surface area contributed by atoms with Gasteiger partial charge in [0.05, 0.1) is 19.1 Å². The summed E-state index contributed by atoms with van der Waals surface area (Å²) in [6, 6.07) is 4.28. The highest BCUT2D eigenvalue weighted by molar-refractivity contribution is 6.18. The Morgan fingerprint density at radius 2 is 1.62 bits per heavy atom.